The maximum atomic E-state index is 10.6. The van der Waals surface area contributed by atoms with Gasteiger partial charge in [0.15, 0.2) is 0 Å². The van der Waals surface area contributed by atoms with Gasteiger partial charge in [0.1, 0.15) is 11.4 Å². The van der Waals surface area contributed by atoms with Crippen molar-refractivity contribution in [2.24, 2.45) is 0 Å². The third-order valence-electron chi connectivity index (χ3n) is 1.86. The quantitative estimate of drug-likeness (QED) is 0.585. The molecule has 0 saturated carbocycles. The van der Waals surface area contributed by atoms with Crippen molar-refractivity contribution in [1.29, 1.82) is 0 Å². The summed E-state index contributed by atoms with van der Waals surface area (Å²) in [5, 5.41) is 9.78. The Kier molecular flexibility index (Phi) is 6.09. The van der Waals surface area contributed by atoms with Crippen LogP contribution in [0.3, 0.4) is 0 Å². The zero-order valence-corrected chi connectivity index (χ0v) is 8.53. The molecule has 1 aromatic carbocycles. The molecule has 0 aromatic heterocycles. The van der Waals surface area contributed by atoms with Crippen LogP contribution in [-0.2, 0) is 15.7 Å². The van der Waals surface area contributed by atoms with Crippen LogP contribution in [0.1, 0.15) is 12.5 Å². The van der Waals surface area contributed by atoms with E-state index in [1.807, 2.05) is 0 Å². The number of aliphatic hydroxyl groups is 1. The van der Waals surface area contributed by atoms with Crippen LogP contribution in [0.4, 0.5) is 0 Å². The summed E-state index contributed by atoms with van der Waals surface area (Å²) in [5.74, 6) is -0.704. The van der Waals surface area contributed by atoms with Crippen molar-refractivity contribution in [2.45, 2.75) is 12.5 Å². The van der Waals surface area contributed by atoms with Gasteiger partial charge in [0.05, 0.1) is 0 Å². The predicted octanol–water partition coefficient (Wildman–Crippen LogP) is -0.134. The molecule has 1 rings (SSSR count). The van der Waals surface area contributed by atoms with E-state index in [1.54, 1.807) is 30.3 Å². The summed E-state index contributed by atoms with van der Waals surface area (Å²) >= 11 is 0. The molecule has 0 heterocycles. The molecule has 0 aliphatic rings. The molecule has 0 fully saturated rings. The summed E-state index contributed by atoms with van der Waals surface area (Å²) in [6, 6.07) is 8.34. The van der Waals surface area contributed by atoms with Crippen molar-refractivity contribution in [2.75, 3.05) is 5.75 Å². The standard InChI is InChI=1S/C9H12O4S.Ba.2H/c1-9(10,7-14(11,12)13)8-5-3-2-4-6-8;;;/h2-6,10H,7H2,1H3,(H,11,12,13);;;. The molecule has 1 unspecified atom stereocenters. The SMILES string of the molecule is CC(O)(CS(=O)(=O)O)c1ccccc1.[BaH2]. The van der Waals surface area contributed by atoms with Crippen LogP contribution in [-0.4, -0.2) is 72.7 Å². The number of hydrogen-bond donors (Lipinski definition) is 2. The van der Waals surface area contributed by atoms with Crippen molar-refractivity contribution in [3.05, 3.63) is 35.9 Å². The van der Waals surface area contributed by atoms with Crippen molar-refractivity contribution in [1.82, 2.24) is 0 Å². The van der Waals surface area contributed by atoms with Gasteiger partial charge in [0.2, 0.25) is 0 Å². The first-order valence-electron chi connectivity index (χ1n) is 4.04. The second-order valence-electron chi connectivity index (χ2n) is 3.37. The third kappa shape index (κ3) is 5.51. The Morgan fingerprint density at radius 1 is 1.27 bits per heavy atom. The van der Waals surface area contributed by atoms with Crippen LogP contribution in [0.25, 0.3) is 0 Å². The molecule has 0 bridgehead atoms. The third-order valence-corrected chi connectivity index (χ3v) is 2.79. The van der Waals surface area contributed by atoms with Crippen LogP contribution in [0.15, 0.2) is 30.3 Å². The Labute approximate surface area is 130 Å². The Morgan fingerprint density at radius 3 is 2.13 bits per heavy atom. The van der Waals surface area contributed by atoms with Gasteiger partial charge in [-0.1, -0.05) is 30.3 Å². The molecule has 0 spiro atoms. The minimum atomic E-state index is -4.18. The minimum absolute atomic E-state index is 0. The van der Waals surface area contributed by atoms with Crippen molar-refractivity contribution in [3.63, 3.8) is 0 Å². The Hall–Kier alpha value is 0.661. The van der Waals surface area contributed by atoms with E-state index in [0.29, 0.717) is 5.56 Å². The Bertz CT molecular complexity index is 399. The van der Waals surface area contributed by atoms with Gasteiger partial charge in [-0.15, -0.1) is 0 Å². The van der Waals surface area contributed by atoms with Crippen LogP contribution < -0.4 is 0 Å². The average molecular weight is 356 g/mol. The summed E-state index contributed by atoms with van der Waals surface area (Å²) in [6.45, 7) is 1.34. The fourth-order valence-electron chi connectivity index (χ4n) is 1.24. The zero-order valence-electron chi connectivity index (χ0n) is 7.71. The summed E-state index contributed by atoms with van der Waals surface area (Å²) < 4.78 is 29.9. The molecule has 0 aliphatic carbocycles. The average Bonchev–Trinajstić information content (AvgIpc) is 2.01. The fraction of sp³-hybridized carbons (Fsp3) is 0.333. The second kappa shape index (κ2) is 5.83. The Morgan fingerprint density at radius 2 is 1.73 bits per heavy atom. The van der Waals surface area contributed by atoms with E-state index in [9.17, 15) is 13.5 Å². The van der Waals surface area contributed by atoms with Crippen LogP contribution >= 0.6 is 0 Å². The normalized spacial score (nSPS) is 15.1. The molecule has 2 N–H and O–H groups in total. The van der Waals surface area contributed by atoms with Crippen molar-refractivity contribution in [3.8, 4) is 0 Å². The van der Waals surface area contributed by atoms with Gasteiger partial charge >= 0.3 is 48.9 Å². The Balaban J connectivity index is 0.00000196. The summed E-state index contributed by atoms with van der Waals surface area (Å²) in [4.78, 5) is 0. The van der Waals surface area contributed by atoms with E-state index in [-0.39, 0.29) is 48.9 Å². The first-order chi connectivity index (χ1) is 6.31. The van der Waals surface area contributed by atoms with E-state index in [4.69, 9.17) is 4.55 Å². The van der Waals surface area contributed by atoms with Gasteiger partial charge < -0.3 is 5.11 Å². The molecule has 82 valence electrons. The first kappa shape index (κ1) is 15.7. The van der Waals surface area contributed by atoms with Gasteiger partial charge in [0.25, 0.3) is 10.1 Å². The van der Waals surface area contributed by atoms with E-state index in [0.717, 1.165) is 0 Å². The molecule has 0 aliphatic heterocycles. The van der Waals surface area contributed by atoms with E-state index >= 15 is 0 Å². The molecule has 0 radical (unpaired) electrons. The van der Waals surface area contributed by atoms with Crippen molar-refractivity contribution >= 4 is 59.0 Å². The molecule has 1 aromatic rings. The molecule has 0 saturated heterocycles. The summed E-state index contributed by atoms with van der Waals surface area (Å²) in [7, 11) is -4.18. The zero-order chi connectivity index (χ0) is 10.8. The summed E-state index contributed by atoms with van der Waals surface area (Å²) in [5.41, 5.74) is -1.10. The number of rotatable bonds is 3. The van der Waals surface area contributed by atoms with Crippen LogP contribution in [0.5, 0.6) is 0 Å². The molecule has 4 nitrogen and oxygen atoms in total. The maximum absolute atomic E-state index is 10.6. The van der Waals surface area contributed by atoms with Gasteiger partial charge in [-0.05, 0) is 12.5 Å². The number of benzene rings is 1. The van der Waals surface area contributed by atoms with Crippen LogP contribution in [0.2, 0.25) is 0 Å². The van der Waals surface area contributed by atoms with E-state index < -0.39 is 21.5 Å². The van der Waals surface area contributed by atoms with E-state index in [2.05, 4.69) is 0 Å². The fourth-order valence-corrected chi connectivity index (χ4v) is 2.11. The van der Waals surface area contributed by atoms with Gasteiger partial charge in [-0.25, -0.2) is 0 Å². The van der Waals surface area contributed by atoms with Gasteiger partial charge in [-0.3, -0.25) is 4.55 Å². The first-order valence-corrected chi connectivity index (χ1v) is 5.65. The van der Waals surface area contributed by atoms with Gasteiger partial charge in [-0.2, -0.15) is 8.42 Å². The van der Waals surface area contributed by atoms with Gasteiger partial charge in [0, 0.05) is 0 Å². The topological polar surface area (TPSA) is 74.6 Å². The number of hydrogen-bond acceptors (Lipinski definition) is 3. The molecule has 15 heavy (non-hydrogen) atoms. The molecular formula is C9H14BaO4S. The van der Waals surface area contributed by atoms with E-state index in [1.165, 1.54) is 6.92 Å². The second-order valence-corrected chi connectivity index (χ2v) is 4.82. The monoisotopic (exact) mass is 356 g/mol. The van der Waals surface area contributed by atoms with Crippen molar-refractivity contribution < 1.29 is 18.1 Å². The van der Waals surface area contributed by atoms with Crippen LogP contribution in [0, 0.1) is 0 Å². The molecule has 1 atom stereocenters. The molecular weight excluding hydrogens is 341 g/mol. The molecule has 6 heteroatoms. The molecule has 0 amide bonds. The predicted molar refractivity (Wildman–Crippen MR) is 61.0 cm³/mol. The summed E-state index contributed by atoms with van der Waals surface area (Å²) in [6.07, 6.45) is 0.